The van der Waals surface area contributed by atoms with E-state index in [1.54, 1.807) is 18.3 Å². The van der Waals surface area contributed by atoms with E-state index in [0.717, 1.165) is 11.4 Å². The van der Waals surface area contributed by atoms with Crippen LogP contribution in [0.4, 0.5) is 11.4 Å². The van der Waals surface area contributed by atoms with Crippen LogP contribution >= 0.6 is 11.3 Å². The minimum atomic E-state index is -0.449. The average molecular weight is 303 g/mol. The molecule has 1 aromatic heterocycles. The predicted octanol–water partition coefficient (Wildman–Crippen LogP) is 3.34. The fraction of sp³-hybridized carbons (Fsp3) is 0.333. The largest absolute Gasteiger partial charge is 0.479 e. The number of hydrogen-bond acceptors (Lipinski definition) is 5. The van der Waals surface area contributed by atoms with E-state index in [2.05, 4.69) is 22.5 Å². The van der Waals surface area contributed by atoms with E-state index in [0.29, 0.717) is 11.4 Å². The zero-order valence-electron chi connectivity index (χ0n) is 12.1. The van der Waals surface area contributed by atoms with Crippen LogP contribution in [0.3, 0.4) is 0 Å². The molecule has 6 heteroatoms. The number of rotatable bonds is 3. The van der Waals surface area contributed by atoms with Gasteiger partial charge in [0.2, 0.25) is 0 Å². The molecule has 2 atom stereocenters. The van der Waals surface area contributed by atoms with Gasteiger partial charge in [-0.2, -0.15) is 0 Å². The molecule has 21 heavy (non-hydrogen) atoms. The van der Waals surface area contributed by atoms with Gasteiger partial charge in [0.05, 0.1) is 22.9 Å². The predicted molar refractivity (Wildman–Crippen MR) is 84.1 cm³/mol. The number of amides is 1. The molecule has 0 saturated carbocycles. The molecular formula is C15H17N3O2S. The van der Waals surface area contributed by atoms with Crippen LogP contribution in [-0.4, -0.2) is 17.0 Å². The van der Waals surface area contributed by atoms with Crippen LogP contribution in [0.15, 0.2) is 23.7 Å². The van der Waals surface area contributed by atoms with Crippen molar-refractivity contribution in [2.24, 2.45) is 0 Å². The highest BCUT2D eigenvalue weighted by atomic mass is 32.1. The number of nitrogens with zero attached hydrogens (tertiary/aromatic N) is 1. The number of carbonyl (C=O) groups excluding carboxylic acids is 1. The summed E-state index contributed by atoms with van der Waals surface area (Å²) in [6, 6.07) is 5.89. The van der Waals surface area contributed by atoms with Crippen LogP contribution in [0.2, 0.25) is 0 Å². The molecule has 1 amide bonds. The summed E-state index contributed by atoms with van der Waals surface area (Å²) in [4.78, 5) is 17.1. The highest BCUT2D eigenvalue weighted by molar-refractivity contribution is 7.09. The lowest BCUT2D eigenvalue weighted by Crippen LogP contribution is -2.34. The monoisotopic (exact) mass is 303 g/mol. The molecule has 2 aromatic rings. The standard InChI is InChI=1S/C15H17N3O2S/c1-8-14(21-7-16-8)9(2)17-11-4-5-13-12(6-11)18-15(19)10(3)20-13/h4-7,9-10,17H,1-3H3,(H,18,19). The van der Waals surface area contributed by atoms with Gasteiger partial charge in [-0.3, -0.25) is 4.79 Å². The summed E-state index contributed by atoms with van der Waals surface area (Å²) in [5.41, 5.74) is 4.54. The second-order valence-electron chi connectivity index (χ2n) is 5.13. The Bertz CT molecular complexity index is 683. The minimum Gasteiger partial charge on any atom is -0.479 e. The van der Waals surface area contributed by atoms with E-state index in [-0.39, 0.29) is 11.9 Å². The summed E-state index contributed by atoms with van der Waals surface area (Å²) < 4.78 is 5.55. The zero-order chi connectivity index (χ0) is 15.0. The second kappa shape index (κ2) is 5.37. The third kappa shape index (κ3) is 2.71. The Hall–Kier alpha value is -2.08. The first-order valence-electron chi connectivity index (χ1n) is 6.82. The smallest absolute Gasteiger partial charge is 0.265 e. The molecule has 3 rings (SSSR count). The van der Waals surface area contributed by atoms with Gasteiger partial charge >= 0.3 is 0 Å². The van der Waals surface area contributed by atoms with Gasteiger partial charge in [0, 0.05) is 10.6 Å². The van der Waals surface area contributed by atoms with Gasteiger partial charge in [-0.05, 0) is 39.0 Å². The van der Waals surface area contributed by atoms with Gasteiger partial charge in [-0.25, -0.2) is 4.98 Å². The Morgan fingerprint density at radius 3 is 3.00 bits per heavy atom. The Morgan fingerprint density at radius 2 is 2.29 bits per heavy atom. The quantitative estimate of drug-likeness (QED) is 0.913. The highest BCUT2D eigenvalue weighted by Crippen LogP contribution is 2.33. The molecule has 1 aliphatic rings. The molecule has 1 aliphatic heterocycles. The summed E-state index contributed by atoms with van der Waals surface area (Å²) in [5, 5.41) is 6.28. The minimum absolute atomic E-state index is 0.119. The summed E-state index contributed by atoms with van der Waals surface area (Å²) in [5.74, 6) is 0.584. The lowest BCUT2D eigenvalue weighted by molar-refractivity contribution is -0.122. The van der Waals surface area contributed by atoms with Crippen molar-refractivity contribution in [3.63, 3.8) is 0 Å². The third-order valence-corrected chi connectivity index (χ3v) is 4.58. The molecule has 2 N–H and O–H groups in total. The van der Waals surface area contributed by atoms with E-state index >= 15 is 0 Å². The molecule has 0 spiro atoms. The average Bonchev–Trinajstić information content (AvgIpc) is 2.87. The lowest BCUT2D eigenvalue weighted by atomic mass is 10.2. The molecule has 5 nitrogen and oxygen atoms in total. The van der Waals surface area contributed by atoms with Crippen molar-refractivity contribution >= 4 is 28.6 Å². The molecule has 0 fully saturated rings. The number of nitrogens with one attached hydrogen (secondary N) is 2. The Labute approximate surface area is 127 Å². The van der Waals surface area contributed by atoms with Crippen LogP contribution < -0.4 is 15.4 Å². The van der Waals surface area contributed by atoms with Crippen molar-refractivity contribution in [1.82, 2.24) is 4.98 Å². The fourth-order valence-electron chi connectivity index (χ4n) is 2.34. The fourth-order valence-corrected chi connectivity index (χ4v) is 3.15. The summed E-state index contributed by atoms with van der Waals surface area (Å²) in [7, 11) is 0. The normalized spacial score (nSPS) is 18.4. The first kappa shape index (κ1) is 13.9. The maximum Gasteiger partial charge on any atom is 0.265 e. The van der Waals surface area contributed by atoms with Crippen molar-refractivity contribution < 1.29 is 9.53 Å². The zero-order valence-corrected chi connectivity index (χ0v) is 13.0. The van der Waals surface area contributed by atoms with E-state index in [9.17, 15) is 4.79 Å². The molecule has 0 radical (unpaired) electrons. The van der Waals surface area contributed by atoms with Crippen molar-refractivity contribution in [3.8, 4) is 5.75 Å². The molecule has 0 aliphatic carbocycles. The maximum absolute atomic E-state index is 11.7. The van der Waals surface area contributed by atoms with Crippen LogP contribution in [0.25, 0.3) is 0 Å². The lowest BCUT2D eigenvalue weighted by Gasteiger charge is -2.24. The summed E-state index contributed by atoms with van der Waals surface area (Å²) in [6.45, 7) is 5.84. The van der Waals surface area contributed by atoms with Gasteiger partial charge in [-0.1, -0.05) is 0 Å². The molecule has 110 valence electrons. The van der Waals surface area contributed by atoms with Crippen LogP contribution in [0.1, 0.15) is 30.5 Å². The Kier molecular flexibility index (Phi) is 3.55. The molecule has 2 heterocycles. The van der Waals surface area contributed by atoms with Crippen molar-refractivity contribution in [2.45, 2.75) is 32.9 Å². The number of hydrogen-bond donors (Lipinski definition) is 2. The molecule has 0 saturated heterocycles. The molecule has 0 bridgehead atoms. The summed E-state index contributed by atoms with van der Waals surface area (Å²) in [6.07, 6.45) is -0.449. The number of carbonyl (C=O) groups is 1. The highest BCUT2D eigenvalue weighted by Gasteiger charge is 2.23. The molecule has 1 aromatic carbocycles. The number of fused-ring (bicyclic) bond motifs is 1. The Balaban J connectivity index is 1.80. The number of aromatic nitrogens is 1. The summed E-state index contributed by atoms with van der Waals surface area (Å²) >= 11 is 1.64. The van der Waals surface area contributed by atoms with E-state index in [1.165, 1.54) is 4.88 Å². The first-order chi connectivity index (χ1) is 10.0. The third-order valence-electron chi connectivity index (χ3n) is 3.47. The second-order valence-corrected chi connectivity index (χ2v) is 6.01. The van der Waals surface area contributed by atoms with Crippen molar-refractivity contribution in [2.75, 3.05) is 10.6 Å². The van der Waals surface area contributed by atoms with Crippen LogP contribution in [0.5, 0.6) is 5.75 Å². The number of thiazole rings is 1. The molecular weight excluding hydrogens is 286 g/mol. The number of benzene rings is 1. The van der Waals surface area contributed by atoms with Gasteiger partial charge in [0.1, 0.15) is 5.75 Å². The number of aryl methyl sites for hydroxylation is 1. The van der Waals surface area contributed by atoms with E-state index in [4.69, 9.17) is 4.74 Å². The van der Waals surface area contributed by atoms with E-state index < -0.39 is 6.10 Å². The topological polar surface area (TPSA) is 63.2 Å². The van der Waals surface area contributed by atoms with Gasteiger partial charge < -0.3 is 15.4 Å². The van der Waals surface area contributed by atoms with Crippen molar-refractivity contribution in [1.29, 1.82) is 0 Å². The van der Waals surface area contributed by atoms with Gasteiger partial charge in [-0.15, -0.1) is 11.3 Å². The Morgan fingerprint density at radius 1 is 1.48 bits per heavy atom. The molecule has 2 unspecified atom stereocenters. The van der Waals surface area contributed by atoms with Crippen LogP contribution in [-0.2, 0) is 4.79 Å². The van der Waals surface area contributed by atoms with Gasteiger partial charge in [0.25, 0.3) is 5.91 Å². The number of anilines is 2. The van der Waals surface area contributed by atoms with E-state index in [1.807, 2.05) is 30.6 Å². The SMILES string of the molecule is Cc1ncsc1C(C)Nc1ccc2c(c1)NC(=O)C(C)O2. The van der Waals surface area contributed by atoms with Crippen LogP contribution in [0, 0.1) is 6.92 Å². The van der Waals surface area contributed by atoms with Crippen molar-refractivity contribution in [3.05, 3.63) is 34.3 Å². The van der Waals surface area contributed by atoms with Gasteiger partial charge in [0.15, 0.2) is 6.10 Å². The maximum atomic E-state index is 11.7. The number of ether oxygens (including phenoxy) is 1. The first-order valence-corrected chi connectivity index (χ1v) is 7.70.